The van der Waals surface area contributed by atoms with Crippen molar-refractivity contribution in [2.75, 3.05) is 12.3 Å². The van der Waals surface area contributed by atoms with Gasteiger partial charge in [0.2, 0.25) is 5.91 Å². The van der Waals surface area contributed by atoms with Gasteiger partial charge in [-0.2, -0.15) is 0 Å². The van der Waals surface area contributed by atoms with E-state index in [1.165, 1.54) is 16.2 Å². The van der Waals surface area contributed by atoms with E-state index in [4.69, 9.17) is 11.5 Å². The Balaban J connectivity index is 2.19. The number of primary amides is 1. The molecule has 0 unspecified atom stereocenters. The van der Waals surface area contributed by atoms with Crippen molar-refractivity contribution in [2.45, 2.75) is 6.54 Å². The maximum Gasteiger partial charge on any atom is 0.264 e. The van der Waals surface area contributed by atoms with Crippen LogP contribution in [0.3, 0.4) is 0 Å². The number of thiophene rings is 1. The number of benzene rings is 1. The molecule has 0 radical (unpaired) electrons. The number of carbonyl (C=O) groups is 2. The van der Waals surface area contributed by atoms with Crippen LogP contribution in [0.1, 0.15) is 15.2 Å². The molecule has 0 fully saturated rings. The average molecular weight is 289 g/mol. The molecule has 2 rings (SSSR count). The molecular weight excluding hydrogens is 274 g/mol. The summed E-state index contributed by atoms with van der Waals surface area (Å²) in [5.41, 5.74) is 12.4. The van der Waals surface area contributed by atoms with Crippen molar-refractivity contribution in [1.29, 1.82) is 0 Å². The van der Waals surface area contributed by atoms with Crippen LogP contribution in [-0.2, 0) is 11.3 Å². The number of hydrogen-bond acceptors (Lipinski definition) is 4. The smallest absolute Gasteiger partial charge is 0.264 e. The standard InChI is InChI=1S/C14H15N3O2S/c15-11-4-1-3-10(7-11)8-17(9-13(16)18)14(19)12-5-2-6-20-12/h1-7H,8-9,15H2,(H2,16,18). The zero-order valence-corrected chi connectivity index (χ0v) is 11.6. The van der Waals surface area contributed by atoms with Crippen LogP contribution in [0.15, 0.2) is 41.8 Å². The van der Waals surface area contributed by atoms with Gasteiger partial charge in [-0.25, -0.2) is 0 Å². The Bertz CT molecular complexity index is 611. The summed E-state index contributed by atoms with van der Waals surface area (Å²) in [5, 5.41) is 1.82. The normalized spacial score (nSPS) is 10.2. The van der Waals surface area contributed by atoms with E-state index in [-0.39, 0.29) is 12.5 Å². The first kappa shape index (κ1) is 14.1. The molecule has 0 aliphatic rings. The van der Waals surface area contributed by atoms with Crippen molar-refractivity contribution < 1.29 is 9.59 Å². The van der Waals surface area contributed by atoms with E-state index >= 15 is 0 Å². The van der Waals surface area contributed by atoms with Gasteiger partial charge in [-0.05, 0) is 29.1 Å². The minimum Gasteiger partial charge on any atom is -0.399 e. The summed E-state index contributed by atoms with van der Waals surface area (Å²) in [6, 6.07) is 10.7. The zero-order valence-electron chi connectivity index (χ0n) is 10.8. The van der Waals surface area contributed by atoms with E-state index in [1.807, 2.05) is 17.5 Å². The molecule has 1 aromatic heterocycles. The first-order valence-corrected chi connectivity index (χ1v) is 6.89. The molecule has 0 bridgehead atoms. The van der Waals surface area contributed by atoms with Gasteiger partial charge >= 0.3 is 0 Å². The third-order valence-corrected chi connectivity index (χ3v) is 3.55. The second-order valence-electron chi connectivity index (χ2n) is 4.35. The van der Waals surface area contributed by atoms with Crippen LogP contribution in [0.5, 0.6) is 0 Å². The third kappa shape index (κ3) is 3.58. The lowest BCUT2D eigenvalue weighted by Gasteiger charge is -2.20. The molecule has 0 aliphatic carbocycles. The molecule has 20 heavy (non-hydrogen) atoms. The van der Waals surface area contributed by atoms with Crippen LogP contribution < -0.4 is 11.5 Å². The molecule has 0 saturated heterocycles. The van der Waals surface area contributed by atoms with E-state index in [0.29, 0.717) is 17.1 Å². The van der Waals surface area contributed by atoms with Gasteiger partial charge < -0.3 is 16.4 Å². The Morgan fingerprint density at radius 3 is 2.60 bits per heavy atom. The summed E-state index contributed by atoms with van der Waals surface area (Å²) in [6.45, 7) is 0.177. The van der Waals surface area contributed by atoms with Gasteiger partial charge in [0.1, 0.15) is 6.54 Å². The highest BCUT2D eigenvalue weighted by molar-refractivity contribution is 7.12. The number of carbonyl (C=O) groups excluding carboxylic acids is 2. The molecule has 2 amide bonds. The first-order valence-electron chi connectivity index (χ1n) is 6.02. The van der Waals surface area contributed by atoms with Gasteiger partial charge in [-0.15, -0.1) is 11.3 Å². The number of amides is 2. The van der Waals surface area contributed by atoms with E-state index in [2.05, 4.69) is 0 Å². The lowest BCUT2D eigenvalue weighted by Crippen LogP contribution is -2.37. The van der Waals surface area contributed by atoms with Gasteiger partial charge in [-0.1, -0.05) is 18.2 Å². The van der Waals surface area contributed by atoms with Gasteiger partial charge in [0, 0.05) is 12.2 Å². The second-order valence-corrected chi connectivity index (χ2v) is 5.30. The predicted octanol–water partition coefficient (Wildman–Crippen LogP) is 1.46. The minimum absolute atomic E-state index is 0.120. The second kappa shape index (κ2) is 6.21. The molecule has 6 heteroatoms. The molecule has 2 aromatic rings. The lowest BCUT2D eigenvalue weighted by molar-refractivity contribution is -0.118. The number of hydrogen-bond donors (Lipinski definition) is 2. The molecule has 5 nitrogen and oxygen atoms in total. The summed E-state index contributed by atoms with van der Waals surface area (Å²) in [6.07, 6.45) is 0. The van der Waals surface area contributed by atoms with Crippen molar-refractivity contribution >= 4 is 28.8 Å². The molecule has 104 valence electrons. The SMILES string of the molecule is NC(=O)CN(Cc1cccc(N)c1)C(=O)c1cccs1. The summed E-state index contributed by atoms with van der Waals surface area (Å²) in [7, 11) is 0. The Kier molecular flexibility index (Phi) is 4.37. The number of nitrogen functional groups attached to an aromatic ring is 1. The molecule has 4 N–H and O–H groups in total. The highest BCUT2D eigenvalue weighted by atomic mass is 32.1. The van der Waals surface area contributed by atoms with Crippen LogP contribution in [0.2, 0.25) is 0 Å². The summed E-state index contributed by atoms with van der Waals surface area (Å²) in [5.74, 6) is -0.750. The van der Waals surface area contributed by atoms with Crippen LogP contribution in [0.25, 0.3) is 0 Å². The number of rotatable bonds is 5. The fraction of sp³-hybridized carbons (Fsp3) is 0.143. The average Bonchev–Trinajstić information content (AvgIpc) is 2.90. The van der Waals surface area contributed by atoms with Gasteiger partial charge in [-0.3, -0.25) is 9.59 Å². The lowest BCUT2D eigenvalue weighted by atomic mass is 10.2. The molecule has 1 aromatic carbocycles. The maximum absolute atomic E-state index is 12.3. The fourth-order valence-corrected chi connectivity index (χ4v) is 2.55. The maximum atomic E-state index is 12.3. The third-order valence-electron chi connectivity index (χ3n) is 2.69. The van der Waals surface area contributed by atoms with Crippen LogP contribution >= 0.6 is 11.3 Å². The molecule has 0 atom stereocenters. The van der Waals surface area contributed by atoms with E-state index in [9.17, 15) is 9.59 Å². The summed E-state index contributed by atoms with van der Waals surface area (Å²) in [4.78, 5) is 25.5. The highest BCUT2D eigenvalue weighted by Gasteiger charge is 2.18. The Labute approximate surface area is 120 Å². The molecule has 0 saturated carbocycles. The largest absolute Gasteiger partial charge is 0.399 e. The topological polar surface area (TPSA) is 89.4 Å². The quantitative estimate of drug-likeness (QED) is 0.816. The van der Waals surface area contributed by atoms with Gasteiger partial charge in [0.25, 0.3) is 5.91 Å². The zero-order chi connectivity index (χ0) is 14.5. The highest BCUT2D eigenvalue weighted by Crippen LogP contribution is 2.15. The molecule has 0 spiro atoms. The Morgan fingerprint density at radius 2 is 2.00 bits per heavy atom. The molecule has 0 aliphatic heterocycles. The number of nitrogens with zero attached hydrogens (tertiary/aromatic N) is 1. The van der Waals surface area contributed by atoms with Crippen molar-refractivity contribution in [3.8, 4) is 0 Å². The van der Waals surface area contributed by atoms with Gasteiger partial charge in [0.15, 0.2) is 0 Å². The molecule has 1 heterocycles. The monoisotopic (exact) mass is 289 g/mol. The predicted molar refractivity (Wildman–Crippen MR) is 79.1 cm³/mol. The first-order chi connectivity index (χ1) is 9.56. The van der Waals surface area contributed by atoms with Crippen LogP contribution in [0, 0.1) is 0 Å². The van der Waals surface area contributed by atoms with Crippen LogP contribution in [0.4, 0.5) is 5.69 Å². The van der Waals surface area contributed by atoms with Crippen molar-refractivity contribution in [3.63, 3.8) is 0 Å². The molecular formula is C14H15N3O2S. The van der Waals surface area contributed by atoms with E-state index in [1.54, 1.807) is 24.3 Å². The van der Waals surface area contributed by atoms with Crippen molar-refractivity contribution in [3.05, 3.63) is 52.2 Å². The number of anilines is 1. The Morgan fingerprint density at radius 1 is 1.20 bits per heavy atom. The van der Waals surface area contributed by atoms with Gasteiger partial charge in [0.05, 0.1) is 4.88 Å². The van der Waals surface area contributed by atoms with E-state index in [0.717, 1.165) is 5.56 Å². The number of nitrogens with two attached hydrogens (primary N) is 2. The van der Waals surface area contributed by atoms with Crippen molar-refractivity contribution in [2.24, 2.45) is 5.73 Å². The summed E-state index contributed by atoms with van der Waals surface area (Å²) >= 11 is 1.33. The minimum atomic E-state index is -0.543. The summed E-state index contributed by atoms with van der Waals surface area (Å²) < 4.78 is 0. The Hall–Kier alpha value is -2.34. The van der Waals surface area contributed by atoms with Crippen LogP contribution in [-0.4, -0.2) is 23.3 Å². The van der Waals surface area contributed by atoms with E-state index < -0.39 is 5.91 Å². The fourth-order valence-electron chi connectivity index (χ4n) is 1.86. The van der Waals surface area contributed by atoms with Crippen molar-refractivity contribution in [1.82, 2.24) is 4.90 Å².